The third-order valence-electron chi connectivity index (χ3n) is 4.27. The summed E-state index contributed by atoms with van der Waals surface area (Å²) in [5.74, 6) is 0.231. The molecule has 0 spiro atoms. The Kier molecular flexibility index (Phi) is 6.53. The van der Waals surface area contributed by atoms with Crippen molar-refractivity contribution in [3.8, 4) is 5.75 Å². The summed E-state index contributed by atoms with van der Waals surface area (Å²) in [6.07, 6.45) is 1.08. The maximum absolute atomic E-state index is 12.6. The van der Waals surface area contributed by atoms with E-state index in [0.29, 0.717) is 24.5 Å². The molecule has 1 saturated heterocycles. The highest BCUT2D eigenvalue weighted by molar-refractivity contribution is 7.92. The quantitative estimate of drug-likeness (QED) is 0.733. The van der Waals surface area contributed by atoms with Gasteiger partial charge in [0.25, 0.3) is 0 Å². The van der Waals surface area contributed by atoms with E-state index in [9.17, 15) is 13.2 Å². The minimum absolute atomic E-state index is 0.215. The molecule has 1 heterocycles. The minimum Gasteiger partial charge on any atom is -0.495 e. The van der Waals surface area contributed by atoms with Gasteiger partial charge in [-0.15, -0.1) is 0 Å². The van der Waals surface area contributed by atoms with Crippen molar-refractivity contribution in [1.82, 2.24) is 9.80 Å². The average molecular weight is 390 g/mol. The molecular formula is C16H24ClN3O4S. The first-order chi connectivity index (χ1) is 11.8. The Morgan fingerprint density at radius 1 is 1.28 bits per heavy atom. The number of nitrogens with zero attached hydrogens (tertiary/aromatic N) is 3. The van der Waals surface area contributed by atoms with Crippen LogP contribution in [0.2, 0.25) is 5.02 Å². The van der Waals surface area contributed by atoms with Crippen molar-refractivity contribution in [2.45, 2.75) is 6.92 Å². The fourth-order valence-corrected chi connectivity index (χ4v) is 3.84. The molecule has 0 unspecified atom stereocenters. The van der Waals surface area contributed by atoms with E-state index in [2.05, 4.69) is 11.8 Å². The molecule has 1 aliphatic rings. The Morgan fingerprint density at radius 3 is 2.40 bits per heavy atom. The van der Waals surface area contributed by atoms with Gasteiger partial charge in [0.15, 0.2) is 0 Å². The molecule has 9 heteroatoms. The van der Waals surface area contributed by atoms with Crippen molar-refractivity contribution in [2.24, 2.45) is 0 Å². The van der Waals surface area contributed by atoms with E-state index in [4.69, 9.17) is 16.3 Å². The number of methoxy groups -OCH3 is 1. The van der Waals surface area contributed by atoms with E-state index in [-0.39, 0.29) is 17.5 Å². The largest absolute Gasteiger partial charge is 0.495 e. The third kappa shape index (κ3) is 4.99. The number of carbonyl (C=O) groups excluding carboxylic acids is 1. The van der Waals surface area contributed by atoms with Crippen LogP contribution in [0, 0.1) is 0 Å². The van der Waals surface area contributed by atoms with E-state index in [1.165, 1.54) is 13.2 Å². The first-order valence-corrected chi connectivity index (χ1v) is 10.3. The molecule has 1 aromatic rings. The van der Waals surface area contributed by atoms with Crippen molar-refractivity contribution >= 4 is 33.2 Å². The van der Waals surface area contributed by atoms with Gasteiger partial charge in [-0.3, -0.25) is 9.10 Å². The number of hydrogen-bond acceptors (Lipinski definition) is 5. The van der Waals surface area contributed by atoms with Gasteiger partial charge in [0, 0.05) is 26.2 Å². The van der Waals surface area contributed by atoms with Crippen LogP contribution in [0.1, 0.15) is 6.92 Å². The SMILES string of the molecule is CCN1CCN(C(=O)CN(c2ccc(OC)c(Cl)c2)S(C)(=O)=O)CC1. The maximum Gasteiger partial charge on any atom is 0.243 e. The number of anilines is 1. The highest BCUT2D eigenvalue weighted by Crippen LogP contribution is 2.30. The monoisotopic (exact) mass is 389 g/mol. The van der Waals surface area contributed by atoms with Crippen LogP contribution in [0.15, 0.2) is 18.2 Å². The van der Waals surface area contributed by atoms with Crippen LogP contribution in [0.3, 0.4) is 0 Å². The Morgan fingerprint density at radius 2 is 1.92 bits per heavy atom. The second-order valence-corrected chi connectivity index (χ2v) is 8.22. The molecule has 1 aromatic carbocycles. The smallest absolute Gasteiger partial charge is 0.243 e. The number of amides is 1. The van der Waals surface area contributed by atoms with Gasteiger partial charge in [0.2, 0.25) is 15.9 Å². The summed E-state index contributed by atoms with van der Waals surface area (Å²) in [6, 6.07) is 4.65. The molecule has 1 aliphatic heterocycles. The van der Waals surface area contributed by atoms with Crippen LogP contribution in [0.25, 0.3) is 0 Å². The fourth-order valence-electron chi connectivity index (χ4n) is 2.75. The van der Waals surface area contributed by atoms with Gasteiger partial charge in [0.05, 0.1) is 24.1 Å². The molecule has 1 fully saturated rings. The van der Waals surface area contributed by atoms with Gasteiger partial charge in [0.1, 0.15) is 12.3 Å². The van der Waals surface area contributed by atoms with E-state index in [1.807, 2.05) is 0 Å². The summed E-state index contributed by atoms with van der Waals surface area (Å²) in [7, 11) is -2.15. The molecule has 0 aliphatic carbocycles. The van der Waals surface area contributed by atoms with Crippen LogP contribution in [-0.2, 0) is 14.8 Å². The summed E-state index contributed by atoms with van der Waals surface area (Å²) >= 11 is 6.09. The molecule has 0 aromatic heterocycles. The molecule has 0 N–H and O–H groups in total. The van der Waals surface area contributed by atoms with Crippen molar-refractivity contribution in [3.05, 3.63) is 23.2 Å². The lowest BCUT2D eigenvalue weighted by Crippen LogP contribution is -2.51. The van der Waals surface area contributed by atoms with Crippen molar-refractivity contribution < 1.29 is 17.9 Å². The van der Waals surface area contributed by atoms with Crippen LogP contribution < -0.4 is 9.04 Å². The van der Waals surface area contributed by atoms with E-state index >= 15 is 0 Å². The Hall–Kier alpha value is -1.51. The van der Waals surface area contributed by atoms with Gasteiger partial charge in [-0.25, -0.2) is 8.42 Å². The minimum atomic E-state index is -3.63. The fraction of sp³-hybridized carbons (Fsp3) is 0.562. The molecule has 1 amide bonds. The molecule has 2 rings (SSSR count). The zero-order valence-corrected chi connectivity index (χ0v) is 16.3. The van der Waals surface area contributed by atoms with Gasteiger partial charge in [-0.2, -0.15) is 0 Å². The van der Waals surface area contributed by atoms with Crippen LogP contribution in [-0.4, -0.2) is 76.8 Å². The zero-order valence-electron chi connectivity index (χ0n) is 14.7. The molecule has 25 heavy (non-hydrogen) atoms. The zero-order chi connectivity index (χ0) is 18.6. The summed E-state index contributed by atoms with van der Waals surface area (Å²) < 4.78 is 30.5. The summed E-state index contributed by atoms with van der Waals surface area (Å²) in [5, 5.41) is 0.289. The number of piperazine rings is 1. The summed E-state index contributed by atoms with van der Waals surface area (Å²) in [5.41, 5.74) is 0.342. The lowest BCUT2D eigenvalue weighted by Gasteiger charge is -2.35. The first kappa shape index (κ1) is 19.8. The number of halogens is 1. The predicted octanol–water partition coefficient (Wildman–Crippen LogP) is 1.28. The van der Waals surface area contributed by atoms with Crippen molar-refractivity contribution in [3.63, 3.8) is 0 Å². The first-order valence-electron chi connectivity index (χ1n) is 8.07. The Labute approximate surface area is 154 Å². The van der Waals surface area contributed by atoms with Gasteiger partial charge < -0.3 is 14.5 Å². The van der Waals surface area contributed by atoms with Crippen LogP contribution in [0.5, 0.6) is 5.75 Å². The highest BCUT2D eigenvalue weighted by atomic mass is 35.5. The van der Waals surface area contributed by atoms with E-state index < -0.39 is 10.0 Å². The predicted molar refractivity (Wildman–Crippen MR) is 98.9 cm³/mol. The lowest BCUT2D eigenvalue weighted by molar-refractivity contribution is -0.131. The average Bonchev–Trinajstić information content (AvgIpc) is 2.58. The molecule has 0 atom stereocenters. The number of ether oxygens (including phenoxy) is 1. The van der Waals surface area contributed by atoms with Crippen LogP contribution >= 0.6 is 11.6 Å². The molecule has 140 valence electrons. The second kappa shape index (κ2) is 8.25. The number of likely N-dealkylation sites (N-methyl/N-ethyl adjacent to an activating group) is 1. The topological polar surface area (TPSA) is 70.2 Å². The van der Waals surface area contributed by atoms with E-state index in [0.717, 1.165) is 30.2 Å². The molecule has 0 radical (unpaired) electrons. The van der Waals surface area contributed by atoms with Crippen molar-refractivity contribution in [2.75, 3.05) is 56.9 Å². The van der Waals surface area contributed by atoms with Gasteiger partial charge in [-0.1, -0.05) is 18.5 Å². The highest BCUT2D eigenvalue weighted by Gasteiger charge is 2.26. The Bertz CT molecular complexity index is 718. The Balaban J connectivity index is 2.16. The van der Waals surface area contributed by atoms with Gasteiger partial charge in [-0.05, 0) is 24.7 Å². The standard InChI is InChI=1S/C16H24ClN3O4S/c1-4-18-7-9-19(10-8-18)16(21)12-20(25(3,22)23)13-5-6-15(24-2)14(17)11-13/h5-6,11H,4,7-10,12H2,1-3H3. The van der Waals surface area contributed by atoms with Crippen molar-refractivity contribution in [1.29, 1.82) is 0 Å². The number of hydrogen-bond donors (Lipinski definition) is 0. The van der Waals surface area contributed by atoms with Gasteiger partial charge >= 0.3 is 0 Å². The summed E-state index contributed by atoms with van der Waals surface area (Å²) in [6.45, 7) is 5.60. The second-order valence-electron chi connectivity index (χ2n) is 5.90. The van der Waals surface area contributed by atoms with E-state index in [1.54, 1.807) is 17.0 Å². The normalized spacial score (nSPS) is 15.9. The number of benzene rings is 1. The molecule has 0 bridgehead atoms. The maximum atomic E-state index is 12.6. The lowest BCUT2D eigenvalue weighted by atomic mass is 10.3. The number of sulfonamides is 1. The molecule has 7 nitrogen and oxygen atoms in total. The summed E-state index contributed by atoms with van der Waals surface area (Å²) in [4.78, 5) is 16.5. The number of carbonyl (C=O) groups is 1. The number of rotatable bonds is 6. The van der Waals surface area contributed by atoms with Crippen LogP contribution in [0.4, 0.5) is 5.69 Å². The molecule has 0 saturated carbocycles. The molecular weight excluding hydrogens is 366 g/mol. The third-order valence-corrected chi connectivity index (χ3v) is 5.71.